The number of ether oxygens (including phenoxy) is 1. The Hall–Kier alpha value is -1.08. The summed E-state index contributed by atoms with van der Waals surface area (Å²) in [5, 5.41) is 7.62. The van der Waals surface area contributed by atoms with Gasteiger partial charge in [-0.1, -0.05) is 0 Å². The van der Waals surface area contributed by atoms with Crippen molar-refractivity contribution in [1.82, 2.24) is 15.1 Å². The maximum Gasteiger partial charge on any atom is 0.216 e. The van der Waals surface area contributed by atoms with Crippen LogP contribution in [0.2, 0.25) is 0 Å². The predicted molar refractivity (Wildman–Crippen MR) is 73.0 cm³/mol. The zero-order chi connectivity index (χ0) is 14.0. The molecule has 1 saturated heterocycles. The van der Waals surface area contributed by atoms with Gasteiger partial charge in [-0.25, -0.2) is 13.1 Å². The molecule has 1 aromatic heterocycles. The fraction of sp³-hybridized carbons (Fsp3) is 0.750. The maximum atomic E-state index is 11.4. The molecule has 0 amide bonds. The average Bonchev–Trinajstić information content (AvgIpc) is 2.80. The summed E-state index contributed by atoms with van der Waals surface area (Å²) in [4.78, 5) is 0. The first-order valence-electron chi connectivity index (χ1n) is 6.40. The van der Waals surface area contributed by atoms with Gasteiger partial charge in [0.25, 0.3) is 0 Å². The molecular weight excluding hydrogens is 266 g/mol. The van der Waals surface area contributed by atoms with Gasteiger partial charge in [-0.15, -0.1) is 0 Å². The summed E-state index contributed by atoms with van der Waals surface area (Å²) in [6.45, 7) is 3.32. The number of hydrogen-bond donors (Lipinski definition) is 1. The van der Waals surface area contributed by atoms with Crippen LogP contribution in [0.3, 0.4) is 0 Å². The zero-order valence-corrected chi connectivity index (χ0v) is 12.5. The van der Waals surface area contributed by atoms with E-state index in [9.17, 15) is 8.42 Å². The van der Waals surface area contributed by atoms with Crippen LogP contribution in [-0.4, -0.2) is 43.4 Å². The summed E-state index contributed by atoms with van der Waals surface area (Å²) in [7, 11) is 0.686. The zero-order valence-electron chi connectivity index (χ0n) is 11.6. The fourth-order valence-corrected chi connectivity index (χ4v) is 4.44. The van der Waals surface area contributed by atoms with Gasteiger partial charge in [-0.3, -0.25) is 0 Å². The fourth-order valence-electron chi connectivity index (χ4n) is 2.57. The van der Waals surface area contributed by atoms with Gasteiger partial charge in [0.1, 0.15) is 0 Å². The largest absolute Gasteiger partial charge is 0.481 e. The van der Waals surface area contributed by atoms with E-state index in [2.05, 4.69) is 10.4 Å². The van der Waals surface area contributed by atoms with Crippen molar-refractivity contribution >= 4 is 9.84 Å². The van der Waals surface area contributed by atoms with Crippen molar-refractivity contribution in [2.75, 3.05) is 25.2 Å². The van der Waals surface area contributed by atoms with Gasteiger partial charge in [-0.05, 0) is 25.8 Å². The molecular formula is C12H21N3O3S. The van der Waals surface area contributed by atoms with Gasteiger partial charge in [0.15, 0.2) is 9.84 Å². The normalized spacial score (nSPS) is 21.7. The standard InChI is InChI=1S/C12H21N3O3S/c1-9-11(12(18-3)15(2)14-9)7-13-6-10-4-5-19(16,17)8-10/h10,13H,4-8H2,1-3H3. The Morgan fingerprint density at radius 3 is 2.84 bits per heavy atom. The van der Waals surface area contributed by atoms with Crippen molar-refractivity contribution in [2.24, 2.45) is 13.0 Å². The first-order valence-corrected chi connectivity index (χ1v) is 8.22. The van der Waals surface area contributed by atoms with E-state index in [0.29, 0.717) is 18.1 Å². The lowest BCUT2D eigenvalue weighted by molar-refractivity contribution is 0.367. The molecule has 7 heteroatoms. The monoisotopic (exact) mass is 287 g/mol. The summed E-state index contributed by atoms with van der Waals surface area (Å²) < 4.78 is 29.8. The number of nitrogens with zero attached hydrogens (tertiary/aromatic N) is 2. The Bertz CT molecular complexity index is 551. The van der Waals surface area contributed by atoms with Crippen LogP contribution in [0.5, 0.6) is 5.88 Å². The SMILES string of the molecule is COc1c(CNCC2CCS(=O)(=O)C2)c(C)nn1C. The molecule has 0 radical (unpaired) electrons. The molecule has 0 bridgehead atoms. The summed E-state index contributed by atoms with van der Waals surface area (Å²) in [5.41, 5.74) is 1.97. The van der Waals surface area contributed by atoms with Gasteiger partial charge in [0, 0.05) is 13.6 Å². The van der Waals surface area contributed by atoms with Gasteiger partial charge >= 0.3 is 0 Å². The highest BCUT2D eigenvalue weighted by Gasteiger charge is 2.27. The van der Waals surface area contributed by atoms with Crippen LogP contribution in [-0.2, 0) is 23.4 Å². The lowest BCUT2D eigenvalue weighted by Gasteiger charge is -2.10. The van der Waals surface area contributed by atoms with Gasteiger partial charge < -0.3 is 10.1 Å². The molecule has 0 aliphatic carbocycles. The third-order valence-corrected chi connectivity index (χ3v) is 5.38. The van der Waals surface area contributed by atoms with Crippen molar-refractivity contribution < 1.29 is 13.2 Å². The minimum Gasteiger partial charge on any atom is -0.481 e. The second-order valence-electron chi connectivity index (χ2n) is 5.10. The predicted octanol–water partition coefficient (Wildman–Crippen LogP) is 0.261. The maximum absolute atomic E-state index is 11.4. The molecule has 1 aromatic rings. The Morgan fingerprint density at radius 1 is 1.53 bits per heavy atom. The average molecular weight is 287 g/mol. The number of rotatable bonds is 5. The Kier molecular flexibility index (Phi) is 4.15. The molecule has 1 aliphatic heterocycles. The lowest BCUT2D eigenvalue weighted by atomic mass is 10.1. The molecule has 1 unspecified atom stereocenters. The molecule has 0 saturated carbocycles. The number of sulfone groups is 1. The second kappa shape index (κ2) is 5.50. The van der Waals surface area contributed by atoms with Crippen molar-refractivity contribution in [1.29, 1.82) is 0 Å². The first-order chi connectivity index (χ1) is 8.93. The van der Waals surface area contributed by atoms with Gasteiger partial charge in [0.2, 0.25) is 5.88 Å². The lowest BCUT2D eigenvalue weighted by Crippen LogP contribution is -2.23. The quantitative estimate of drug-likeness (QED) is 0.841. The minimum absolute atomic E-state index is 0.230. The van der Waals surface area contributed by atoms with Crippen LogP contribution < -0.4 is 10.1 Å². The Labute approximate surface area is 114 Å². The number of nitrogens with one attached hydrogen (secondary N) is 1. The molecule has 1 N–H and O–H groups in total. The number of methoxy groups -OCH3 is 1. The number of aryl methyl sites for hydroxylation is 2. The topological polar surface area (TPSA) is 73.2 Å². The van der Waals surface area contributed by atoms with E-state index >= 15 is 0 Å². The van der Waals surface area contributed by atoms with Crippen molar-refractivity contribution in [3.63, 3.8) is 0 Å². The van der Waals surface area contributed by atoms with Crippen molar-refractivity contribution in [3.8, 4) is 5.88 Å². The third-order valence-electron chi connectivity index (χ3n) is 3.54. The Morgan fingerprint density at radius 2 is 2.26 bits per heavy atom. The van der Waals surface area contributed by atoms with Crippen LogP contribution in [0.15, 0.2) is 0 Å². The summed E-state index contributed by atoms with van der Waals surface area (Å²) >= 11 is 0. The molecule has 6 nitrogen and oxygen atoms in total. The van der Waals surface area contributed by atoms with E-state index in [1.54, 1.807) is 11.8 Å². The van der Waals surface area contributed by atoms with E-state index in [-0.39, 0.29) is 5.92 Å². The van der Waals surface area contributed by atoms with Crippen LogP contribution in [0.25, 0.3) is 0 Å². The highest BCUT2D eigenvalue weighted by atomic mass is 32.2. The van der Waals surface area contributed by atoms with E-state index < -0.39 is 9.84 Å². The summed E-state index contributed by atoms with van der Waals surface area (Å²) in [5.74, 6) is 1.62. The molecule has 1 fully saturated rings. The molecule has 19 heavy (non-hydrogen) atoms. The van der Waals surface area contributed by atoms with Crippen LogP contribution in [0.1, 0.15) is 17.7 Å². The van der Waals surface area contributed by atoms with Crippen molar-refractivity contribution in [2.45, 2.75) is 19.9 Å². The minimum atomic E-state index is -2.79. The van der Waals surface area contributed by atoms with Crippen LogP contribution in [0.4, 0.5) is 0 Å². The third kappa shape index (κ3) is 3.27. The highest BCUT2D eigenvalue weighted by molar-refractivity contribution is 7.91. The molecule has 0 aromatic carbocycles. The molecule has 2 rings (SSSR count). The number of aromatic nitrogens is 2. The molecule has 0 spiro atoms. The molecule has 1 atom stereocenters. The highest BCUT2D eigenvalue weighted by Crippen LogP contribution is 2.21. The van der Waals surface area contributed by atoms with E-state index in [1.807, 2.05) is 14.0 Å². The smallest absolute Gasteiger partial charge is 0.216 e. The Balaban J connectivity index is 1.90. The summed E-state index contributed by atoms with van der Waals surface area (Å²) in [6.07, 6.45) is 0.762. The van der Waals surface area contributed by atoms with Crippen LogP contribution in [0, 0.1) is 12.8 Å². The first kappa shape index (κ1) is 14.3. The number of hydrogen-bond acceptors (Lipinski definition) is 5. The van der Waals surface area contributed by atoms with E-state index in [0.717, 1.165) is 30.1 Å². The summed E-state index contributed by atoms with van der Waals surface area (Å²) in [6, 6.07) is 0. The molecule has 108 valence electrons. The molecule has 2 heterocycles. The second-order valence-corrected chi connectivity index (χ2v) is 7.33. The van der Waals surface area contributed by atoms with Gasteiger partial charge in [-0.2, -0.15) is 5.10 Å². The van der Waals surface area contributed by atoms with Crippen molar-refractivity contribution in [3.05, 3.63) is 11.3 Å². The molecule has 1 aliphatic rings. The van der Waals surface area contributed by atoms with Crippen LogP contribution >= 0.6 is 0 Å². The van der Waals surface area contributed by atoms with Gasteiger partial charge in [0.05, 0.1) is 29.9 Å². The van der Waals surface area contributed by atoms with E-state index in [1.165, 1.54) is 0 Å². The van der Waals surface area contributed by atoms with E-state index in [4.69, 9.17) is 4.74 Å².